The van der Waals surface area contributed by atoms with Crippen molar-refractivity contribution in [1.82, 2.24) is 5.32 Å². The summed E-state index contributed by atoms with van der Waals surface area (Å²) in [6.45, 7) is 0. The molecule has 190 valence electrons. The molecule has 0 amide bonds. The molecule has 3 aromatic carbocycles. The van der Waals surface area contributed by atoms with Crippen LogP contribution in [-0.4, -0.2) is 12.1 Å². The lowest BCUT2D eigenvalue weighted by Gasteiger charge is -2.30. The van der Waals surface area contributed by atoms with Crippen molar-refractivity contribution in [2.75, 3.05) is 0 Å². The molecule has 1 aliphatic heterocycles. The van der Waals surface area contributed by atoms with E-state index in [0.29, 0.717) is 12.0 Å². The first-order valence-corrected chi connectivity index (χ1v) is 14.1. The summed E-state index contributed by atoms with van der Waals surface area (Å²) < 4.78 is 12.7. The monoisotopic (exact) mass is 507 g/mol. The largest absolute Gasteiger partial charge is 0.484 e. The van der Waals surface area contributed by atoms with Gasteiger partial charge in [0.2, 0.25) is 0 Å². The van der Waals surface area contributed by atoms with Gasteiger partial charge in [0.25, 0.3) is 0 Å². The number of hydrogen-bond donors (Lipinski definition) is 1. The van der Waals surface area contributed by atoms with E-state index in [-0.39, 0.29) is 6.10 Å². The Hall–Kier alpha value is -4.42. The first-order valence-electron chi connectivity index (χ1n) is 14.1. The van der Waals surface area contributed by atoms with Crippen LogP contribution in [0.5, 0.6) is 5.75 Å². The molecule has 0 spiro atoms. The van der Waals surface area contributed by atoms with Gasteiger partial charge in [-0.2, -0.15) is 0 Å². The number of fused-ring (bicyclic) bond motifs is 6. The van der Waals surface area contributed by atoms with Crippen molar-refractivity contribution in [2.24, 2.45) is 0 Å². The Labute approximate surface area is 228 Å². The van der Waals surface area contributed by atoms with Crippen LogP contribution < -0.4 is 10.1 Å². The minimum Gasteiger partial charge on any atom is -0.484 e. The highest BCUT2D eigenvalue weighted by atomic mass is 16.5. The van der Waals surface area contributed by atoms with E-state index in [1.165, 1.54) is 33.5 Å². The smallest absolute Gasteiger partial charge is 0.144 e. The van der Waals surface area contributed by atoms with Crippen LogP contribution in [0.2, 0.25) is 0 Å². The molecule has 1 N–H and O–H groups in total. The number of nitrogens with one attached hydrogen (secondary N) is 1. The lowest BCUT2D eigenvalue weighted by Crippen LogP contribution is -2.32. The SMILES string of the molecule is c1ccc2oc3c(C4=CC=C(NC5CC=C(C6=CC=CC7c8ccccc8OC67)CC5)CC4)cccc3c2c#1. The van der Waals surface area contributed by atoms with Gasteiger partial charge in [-0.1, -0.05) is 72.8 Å². The molecule has 4 aliphatic rings. The zero-order valence-corrected chi connectivity index (χ0v) is 21.7. The molecule has 2 heterocycles. The zero-order valence-electron chi connectivity index (χ0n) is 21.7. The molecule has 0 fully saturated rings. The van der Waals surface area contributed by atoms with Crippen LogP contribution in [0, 0.1) is 12.1 Å². The van der Waals surface area contributed by atoms with Crippen molar-refractivity contribution in [1.29, 1.82) is 0 Å². The fourth-order valence-corrected chi connectivity index (χ4v) is 6.70. The molecule has 3 heteroatoms. The van der Waals surface area contributed by atoms with Gasteiger partial charge in [-0.25, -0.2) is 0 Å². The molecule has 4 aromatic rings. The average molecular weight is 508 g/mol. The van der Waals surface area contributed by atoms with Crippen molar-refractivity contribution >= 4 is 27.5 Å². The number of para-hydroxylation sites is 2. The van der Waals surface area contributed by atoms with Crippen LogP contribution in [-0.2, 0) is 0 Å². The maximum absolute atomic E-state index is 6.41. The van der Waals surface area contributed by atoms with Gasteiger partial charge in [0.15, 0.2) is 0 Å². The Morgan fingerprint density at radius 3 is 2.77 bits per heavy atom. The second-order valence-corrected chi connectivity index (χ2v) is 11.0. The molecule has 39 heavy (non-hydrogen) atoms. The second kappa shape index (κ2) is 9.10. The van der Waals surface area contributed by atoms with Gasteiger partial charge in [0, 0.05) is 34.2 Å². The van der Waals surface area contributed by atoms with Crippen LogP contribution in [0.25, 0.3) is 27.5 Å². The van der Waals surface area contributed by atoms with E-state index < -0.39 is 0 Å². The molecule has 3 unspecified atom stereocenters. The predicted molar refractivity (Wildman–Crippen MR) is 156 cm³/mol. The minimum atomic E-state index is 0.111. The van der Waals surface area contributed by atoms with E-state index in [1.807, 2.05) is 12.1 Å². The van der Waals surface area contributed by atoms with E-state index in [0.717, 1.165) is 59.8 Å². The van der Waals surface area contributed by atoms with Gasteiger partial charge in [-0.15, -0.1) is 0 Å². The molecule has 0 saturated carbocycles. The van der Waals surface area contributed by atoms with Crippen LogP contribution in [0.3, 0.4) is 0 Å². The Morgan fingerprint density at radius 1 is 0.897 bits per heavy atom. The van der Waals surface area contributed by atoms with E-state index in [4.69, 9.17) is 9.15 Å². The fraction of sp³-hybridized carbons (Fsp3) is 0.222. The number of benzene rings is 2. The van der Waals surface area contributed by atoms with Gasteiger partial charge < -0.3 is 14.5 Å². The maximum atomic E-state index is 6.41. The van der Waals surface area contributed by atoms with Crippen molar-refractivity contribution in [2.45, 2.75) is 50.2 Å². The Balaban J connectivity index is 0.969. The molecule has 1 aromatic heterocycles. The standard InChI is InChI=1S/C36H29NO2/c1-3-13-33-29(7-1)31-11-5-9-27(35(31)38-33)23-15-19-25(20-16-23)37-26-21-17-24(18-22-26)28-10-6-12-32-30-8-2-4-14-34(30)39-36(28)32/h1,3-7,9-15,17,21,25,31,35,37H,16,18-20,22H2. The lowest BCUT2D eigenvalue weighted by atomic mass is 9.80. The van der Waals surface area contributed by atoms with E-state index in [9.17, 15) is 0 Å². The average Bonchev–Trinajstić information content (AvgIpc) is 3.57. The molecular weight excluding hydrogens is 478 g/mol. The van der Waals surface area contributed by atoms with E-state index >= 15 is 0 Å². The third kappa shape index (κ3) is 3.82. The topological polar surface area (TPSA) is 34.4 Å². The first kappa shape index (κ1) is 22.6. The number of rotatable bonds is 4. The highest BCUT2D eigenvalue weighted by Crippen LogP contribution is 2.46. The van der Waals surface area contributed by atoms with Gasteiger partial charge in [-0.05, 0) is 79.2 Å². The third-order valence-corrected chi connectivity index (χ3v) is 8.68. The summed E-state index contributed by atoms with van der Waals surface area (Å²) in [5.41, 5.74) is 9.78. The lowest BCUT2D eigenvalue weighted by molar-refractivity contribution is 0.256. The van der Waals surface area contributed by atoms with Crippen molar-refractivity contribution in [3.8, 4) is 5.75 Å². The van der Waals surface area contributed by atoms with Gasteiger partial charge in [0.05, 0.1) is 5.39 Å². The number of allylic oxidation sites excluding steroid dienone is 6. The van der Waals surface area contributed by atoms with Crippen molar-refractivity contribution in [3.63, 3.8) is 0 Å². The number of hydrogen-bond acceptors (Lipinski definition) is 3. The Kier molecular flexibility index (Phi) is 5.26. The fourth-order valence-electron chi connectivity index (χ4n) is 6.70. The summed E-state index contributed by atoms with van der Waals surface area (Å²) >= 11 is 0. The summed E-state index contributed by atoms with van der Waals surface area (Å²) in [4.78, 5) is 0. The van der Waals surface area contributed by atoms with Gasteiger partial charge >= 0.3 is 0 Å². The van der Waals surface area contributed by atoms with Crippen LogP contribution in [0.4, 0.5) is 0 Å². The summed E-state index contributed by atoms with van der Waals surface area (Å²) in [6, 6.07) is 25.5. The molecule has 8 rings (SSSR count). The highest BCUT2D eigenvalue weighted by Gasteiger charge is 2.37. The quantitative estimate of drug-likeness (QED) is 0.301. The number of furan rings is 1. The normalized spacial score (nSPS) is 23.6. The molecule has 0 bridgehead atoms. The van der Waals surface area contributed by atoms with Gasteiger partial charge in [0.1, 0.15) is 23.0 Å². The highest BCUT2D eigenvalue weighted by molar-refractivity contribution is 6.07. The second-order valence-electron chi connectivity index (χ2n) is 11.0. The molecule has 0 radical (unpaired) electrons. The Bertz CT molecular complexity index is 1760. The summed E-state index contributed by atoms with van der Waals surface area (Å²) in [5, 5.41) is 5.97. The van der Waals surface area contributed by atoms with E-state index in [2.05, 4.69) is 96.4 Å². The number of ether oxygens (including phenoxy) is 1. The van der Waals surface area contributed by atoms with E-state index in [1.54, 1.807) is 0 Å². The molecule has 3 nitrogen and oxygen atoms in total. The molecular formula is C36H29NO2. The molecule has 3 aliphatic carbocycles. The van der Waals surface area contributed by atoms with Crippen molar-refractivity contribution < 1.29 is 9.15 Å². The first-order chi connectivity index (χ1) is 19.3. The molecule has 3 atom stereocenters. The Morgan fingerprint density at radius 2 is 1.87 bits per heavy atom. The summed E-state index contributed by atoms with van der Waals surface area (Å²) in [5.74, 6) is 1.36. The van der Waals surface area contributed by atoms with Crippen LogP contribution >= 0.6 is 0 Å². The van der Waals surface area contributed by atoms with Gasteiger partial charge in [-0.3, -0.25) is 0 Å². The molecule has 0 saturated heterocycles. The van der Waals surface area contributed by atoms with Crippen LogP contribution in [0.1, 0.15) is 49.1 Å². The minimum absolute atomic E-state index is 0.111. The predicted octanol–water partition coefficient (Wildman–Crippen LogP) is 8.36. The maximum Gasteiger partial charge on any atom is 0.144 e. The van der Waals surface area contributed by atoms with Crippen LogP contribution in [0.15, 0.2) is 112 Å². The third-order valence-electron chi connectivity index (χ3n) is 8.68. The van der Waals surface area contributed by atoms with Crippen molar-refractivity contribution in [3.05, 3.63) is 131 Å². The zero-order chi connectivity index (χ0) is 25.8. The summed E-state index contributed by atoms with van der Waals surface area (Å²) in [6.07, 6.45) is 19.1. The summed E-state index contributed by atoms with van der Waals surface area (Å²) in [7, 11) is 0.